The number of ether oxygens (including phenoxy) is 1. The first-order chi connectivity index (χ1) is 11.4. The van der Waals surface area contributed by atoms with E-state index in [-0.39, 0.29) is 16.9 Å². The third-order valence-electron chi connectivity index (χ3n) is 4.10. The molecule has 1 aliphatic heterocycles. The highest BCUT2D eigenvalue weighted by Gasteiger charge is 2.28. The Hall–Kier alpha value is -1.48. The predicted octanol–water partition coefficient (Wildman–Crippen LogP) is 2.19. The van der Waals surface area contributed by atoms with E-state index < -0.39 is 10.0 Å². The fourth-order valence-corrected chi connectivity index (χ4v) is 5.19. The summed E-state index contributed by atoms with van der Waals surface area (Å²) in [7, 11) is -3.53. The van der Waals surface area contributed by atoms with E-state index in [1.807, 2.05) is 0 Å². The van der Waals surface area contributed by atoms with Gasteiger partial charge in [0.05, 0.1) is 11.5 Å². The minimum Gasteiger partial charge on any atom is -0.462 e. The van der Waals surface area contributed by atoms with Crippen molar-refractivity contribution in [3.05, 3.63) is 29.1 Å². The molecule has 1 aliphatic rings. The van der Waals surface area contributed by atoms with Gasteiger partial charge < -0.3 is 10.5 Å². The molecule has 8 heteroatoms. The number of fused-ring (bicyclic) bond motifs is 1. The van der Waals surface area contributed by atoms with Gasteiger partial charge in [-0.15, -0.1) is 11.3 Å². The Labute approximate surface area is 145 Å². The Morgan fingerprint density at radius 3 is 2.71 bits per heavy atom. The highest BCUT2D eigenvalue weighted by atomic mass is 32.2. The number of esters is 1. The maximum atomic E-state index is 12.8. The van der Waals surface area contributed by atoms with E-state index in [0.29, 0.717) is 37.4 Å². The third kappa shape index (κ3) is 3.32. The molecule has 0 bridgehead atoms. The number of hydrogen-bond acceptors (Lipinski definition) is 6. The zero-order chi connectivity index (χ0) is 17.3. The Morgan fingerprint density at radius 2 is 2.04 bits per heavy atom. The lowest BCUT2D eigenvalue weighted by Crippen LogP contribution is -2.42. The third-order valence-corrected chi connectivity index (χ3v) is 7.09. The number of hydrogen-bond donors (Lipinski definition) is 1. The fourth-order valence-electron chi connectivity index (χ4n) is 2.75. The number of piperidine rings is 1. The number of thiophene rings is 1. The molecule has 3 rings (SSSR count). The van der Waals surface area contributed by atoms with Crippen molar-refractivity contribution in [1.82, 2.24) is 4.31 Å². The number of carbonyl (C=O) groups is 1. The first-order valence-electron chi connectivity index (χ1n) is 7.88. The lowest BCUT2D eigenvalue weighted by atomic mass is 10.1. The van der Waals surface area contributed by atoms with E-state index in [2.05, 4.69) is 0 Å². The van der Waals surface area contributed by atoms with Crippen LogP contribution < -0.4 is 5.73 Å². The summed E-state index contributed by atoms with van der Waals surface area (Å²) in [5, 5.41) is 0.734. The van der Waals surface area contributed by atoms with Gasteiger partial charge in [-0.25, -0.2) is 13.2 Å². The zero-order valence-electron chi connectivity index (χ0n) is 13.4. The van der Waals surface area contributed by atoms with Crippen LogP contribution in [0, 0.1) is 0 Å². The van der Waals surface area contributed by atoms with Crippen LogP contribution in [0.5, 0.6) is 0 Å². The Morgan fingerprint density at radius 1 is 1.33 bits per heavy atom. The summed E-state index contributed by atoms with van der Waals surface area (Å²) in [5.41, 5.74) is 5.85. The normalized spacial score (nSPS) is 17.2. The van der Waals surface area contributed by atoms with Gasteiger partial charge in [-0.3, -0.25) is 0 Å². The molecule has 6 nitrogen and oxygen atoms in total. The topological polar surface area (TPSA) is 89.7 Å². The second kappa shape index (κ2) is 6.79. The summed E-state index contributed by atoms with van der Waals surface area (Å²) < 4.78 is 32.9. The van der Waals surface area contributed by atoms with Crippen molar-refractivity contribution in [2.75, 3.05) is 19.7 Å². The monoisotopic (exact) mass is 368 g/mol. The molecule has 0 aliphatic carbocycles. The molecule has 0 unspecified atom stereocenters. The van der Waals surface area contributed by atoms with Crippen LogP contribution in [0.2, 0.25) is 0 Å². The Balaban J connectivity index is 1.91. The highest BCUT2D eigenvalue weighted by Crippen LogP contribution is 2.30. The number of rotatable bonds is 4. The first-order valence-corrected chi connectivity index (χ1v) is 10.1. The van der Waals surface area contributed by atoms with Gasteiger partial charge in [0.25, 0.3) is 0 Å². The molecule has 0 amide bonds. The van der Waals surface area contributed by atoms with E-state index in [0.717, 1.165) is 10.1 Å². The maximum absolute atomic E-state index is 12.8. The Kier molecular flexibility index (Phi) is 4.91. The number of nitrogens with zero attached hydrogens (tertiary/aromatic N) is 1. The molecule has 0 atom stereocenters. The van der Waals surface area contributed by atoms with Gasteiger partial charge in [-0.1, -0.05) is 0 Å². The van der Waals surface area contributed by atoms with Gasteiger partial charge in [0.1, 0.15) is 4.88 Å². The van der Waals surface area contributed by atoms with Crippen molar-refractivity contribution in [3.8, 4) is 0 Å². The first kappa shape index (κ1) is 17.3. The summed E-state index contributed by atoms with van der Waals surface area (Å²) in [6, 6.07) is 6.72. The minimum atomic E-state index is -3.53. The van der Waals surface area contributed by atoms with Crippen molar-refractivity contribution >= 4 is 37.4 Å². The minimum absolute atomic E-state index is 0.0722. The van der Waals surface area contributed by atoms with Crippen LogP contribution in [-0.2, 0) is 14.8 Å². The van der Waals surface area contributed by atoms with Crippen LogP contribution in [0.25, 0.3) is 10.1 Å². The van der Waals surface area contributed by atoms with E-state index in [1.165, 1.54) is 15.6 Å². The average molecular weight is 368 g/mol. The van der Waals surface area contributed by atoms with Crippen molar-refractivity contribution in [2.45, 2.75) is 30.7 Å². The smallest absolute Gasteiger partial charge is 0.348 e. The van der Waals surface area contributed by atoms with E-state index in [1.54, 1.807) is 31.2 Å². The highest BCUT2D eigenvalue weighted by molar-refractivity contribution is 7.89. The number of benzene rings is 1. The van der Waals surface area contributed by atoms with Crippen LogP contribution in [-0.4, -0.2) is 44.4 Å². The van der Waals surface area contributed by atoms with Crippen LogP contribution in [0.4, 0.5) is 0 Å². The largest absolute Gasteiger partial charge is 0.462 e. The molecular formula is C16H20N2O4S2. The second-order valence-corrected chi connectivity index (χ2v) is 8.79. The van der Waals surface area contributed by atoms with Gasteiger partial charge in [-0.2, -0.15) is 4.31 Å². The van der Waals surface area contributed by atoms with E-state index >= 15 is 0 Å². The molecule has 2 N–H and O–H groups in total. The number of carbonyl (C=O) groups excluding carboxylic acids is 1. The molecule has 2 aromatic rings. The summed E-state index contributed by atoms with van der Waals surface area (Å²) in [4.78, 5) is 12.6. The van der Waals surface area contributed by atoms with Crippen molar-refractivity contribution < 1.29 is 17.9 Å². The molecule has 130 valence electrons. The van der Waals surface area contributed by atoms with E-state index in [9.17, 15) is 13.2 Å². The van der Waals surface area contributed by atoms with Gasteiger partial charge in [-0.05, 0) is 49.4 Å². The second-order valence-electron chi connectivity index (χ2n) is 5.77. The molecule has 2 heterocycles. The molecule has 0 spiro atoms. The predicted molar refractivity (Wildman–Crippen MR) is 93.7 cm³/mol. The van der Waals surface area contributed by atoms with Gasteiger partial charge >= 0.3 is 5.97 Å². The van der Waals surface area contributed by atoms with Gasteiger partial charge in [0, 0.05) is 23.8 Å². The summed E-state index contributed by atoms with van der Waals surface area (Å²) in [6.07, 6.45) is 1.35. The lowest BCUT2D eigenvalue weighted by Gasteiger charge is -2.29. The van der Waals surface area contributed by atoms with Crippen molar-refractivity contribution in [1.29, 1.82) is 0 Å². The molecule has 24 heavy (non-hydrogen) atoms. The molecule has 0 radical (unpaired) electrons. The quantitative estimate of drug-likeness (QED) is 0.836. The summed E-state index contributed by atoms with van der Waals surface area (Å²) >= 11 is 1.30. The maximum Gasteiger partial charge on any atom is 0.348 e. The molecular weight excluding hydrogens is 348 g/mol. The molecule has 1 fully saturated rings. The van der Waals surface area contributed by atoms with E-state index in [4.69, 9.17) is 10.5 Å². The molecule has 1 saturated heterocycles. The van der Waals surface area contributed by atoms with Crippen LogP contribution in [0.1, 0.15) is 29.4 Å². The fraction of sp³-hybridized carbons (Fsp3) is 0.438. The van der Waals surface area contributed by atoms with Crippen molar-refractivity contribution in [2.24, 2.45) is 5.73 Å². The number of sulfonamides is 1. The van der Waals surface area contributed by atoms with Crippen LogP contribution >= 0.6 is 11.3 Å². The summed E-state index contributed by atoms with van der Waals surface area (Å²) in [6.45, 7) is 2.95. The SMILES string of the molecule is CCOC(=O)c1cc2cc(S(=O)(=O)N3CCC(N)CC3)ccc2s1. The van der Waals surface area contributed by atoms with Crippen molar-refractivity contribution in [3.63, 3.8) is 0 Å². The number of nitrogens with two attached hydrogens (primary N) is 1. The molecule has 1 aromatic carbocycles. The average Bonchev–Trinajstić information content (AvgIpc) is 2.98. The standard InChI is InChI=1S/C16H20N2O4S2/c1-2-22-16(19)15-10-11-9-13(3-4-14(11)23-15)24(20,21)18-7-5-12(17)6-8-18/h3-4,9-10,12H,2,5-8,17H2,1H3. The van der Waals surface area contributed by atoms with Gasteiger partial charge in [0.15, 0.2) is 0 Å². The molecule has 1 aromatic heterocycles. The lowest BCUT2D eigenvalue weighted by molar-refractivity contribution is 0.0532. The Bertz CT molecular complexity index is 852. The van der Waals surface area contributed by atoms with Gasteiger partial charge in [0.2, 0.25) is 10.0 Å². The zero-order valence-corrected chi connectivity index (χ0v) is 15.0. The molecule has 0 saturated carbocycles. The summed E-state index contributed by atoms with van der Waals surface area (Å²) in [5.74, 6) is -0.381. The van der Waals surface area contributed by atoms with Crippen LogP contribution in [0.15, 0.2) is 29.2 Å². The van der Waals surface area contributed by atoms with Crippen LogP contribution in [0.3, 0.4) is 0 Å².